The summed E-state index contributed by atoms with van der Waals surface area (Å²) in [4.78, 5) is 31.7. The zero-order valence-corrected chi connectivity index (χ0v) is 20.0. The topological polar surface area (TPSA) is 97.3 Å². The molecule has 1 amide bonds. The summed E-state index contributed by atoms with van der Waals surface area (Å²) in [5.41, 5.74) is 2.29. The Hall–Kier alpha value is -4.50. The van der Waals surface area contributed by atoms with Gasteiger partial charge in [-0.25, -0.2) is 9.79 Å². The van der Waals surface area contributed by atoms with Crippen molar-refractivity contribution < 1.29 is 23.8 Å². The van der Waals surface area contributed by atoms with Gasteiger partial charge in [0.25, 0.3) is 5.91 Å². The van der Waals surface area contributed by atoms with Crippen LogP contribution < -0.4 is 4.74 Å². The Morgan fingerprint density at radius 2 is 1.94 bits per heavy atom. The standard InChI is InChI=1S/C27H21N3O5S/c1-34-22-11-9-19(10-12-22)28-27-30(17-23-8-4-14-35-23)25(31)24(36-27)16-21-7-3-13-29(21)20-6-2-5-18(15-20)26(32)33/h2-16H,17H2,1H3,(H,32,33)/b24-16-,28-27?. The third-order valence-electron chi connectivity index (χ3n) is 5.51. The van der Waals surface area contributed by atoms with E-state index in [1.807, 2.05) is 59.3 Å². The Kier molecular flexibility index (Phi) is 6.46. The van der Waals surface area contributed by atoms with Crippen molar-refractivity contribution in [3.8, 4) is 11.4 Å². The maximum absolute atomic E-state index is 13.5. The summed E-state index contributed by atoms with van der Waals surface area (Å²) in [6.45, 7) is 0.243. The number of furan rings is 1. The van der Waals surface area contributed by atoms with E-state index in [1.54, 1.807) is 42.5 Å². The molecule has 9 heteroatoms. The third-order valence-corrected chi connectivity index (χ3v) is 6.52. The van der Waals surface area contributed by atoms with Crippen LogP contribution in [0.5, 0.6) is 5.75 Å². The number of nitrogens with zero attached hydrogens (tertiary/aromatic N) is 3. The lowest BCUT2D eigenvalue weighted by atomic mass is 10.2. The Balaban J connectivity index is 1.50. The molecule has 180 valence electrons. The maximum atomic E-state index is 13.5. The van der Waals surface area contributed by atoms with E-state index in [9.17, 15) is 14.7 Å². The summed E-state index contributed by atoms with van der Waals surface area (Å²) in [6, 6.07) is 21.2. The number of ether oxygens (including phenoxy) is 1. The van der Waals surface area contributed by atoms with E-state index in [0.717, 1.165) is 11.4 Å². The number of methoxy groups -OCH3 is 1. The van der Waals surface area contributed by atoms with Crippen LogP contribution in [-0.2, 0) is 11.3 Å². The van der Waals surface area contributed by atoms with Crippen LogP contribution in [0.2, 0.25) is 0 Å². The highest BCUT2D eigenvalue weighted by atomic mass is 32.2. The number of carbonyl (C=O) groups is 2. The lowest BCUT2D eigenvalue weighted by Gasteiger charge is -2.14. The van der Waals surface area contributed by atoms with Crippen molar-refractivity contribution in [2.75, 3.05) is 7.11 Å². The molecule has 1 aliphatic rings. The monoisotopic (exact) mass is 499 g/mol. The quantitative estimate of drug-likeness (QED) is 0.333. The minimum Gasteiger partial charge on any atom is -0.497 e. The largest absolute Gasteiger partial charge is 0.497 e. The van der Waals surface area contributed by atoms with Gasteiger partial charge in [-0.2, -0.15) is 0 Å². The second-order valence-corrected chi connectivity index (χ2v) is 8.84. The number of aromatic nitrogens is 1. The average molecular weight is 500 g/mol. The molecule has 2 aromatic heterocycles. The molecular weight excluding hydrogens is 478 g/mol. The number of hydrogen-bond donors (Lipinski definition) is 1. The molecule has 36 heavy (non-hydrogen) atoms. The van der Waals surface area contributed by atoms with Crippen LogP contribution in [0.25, 0.3) is 11.8 Å². The van der Waals surface area contributed by atoms with Gasteiger partial charge in [0.2, 0.25) is 0 Å². The van der Waals surface area contributed by atoms with Crippen molar-refractivity contribution in [3.05, 3.63) is 107 Å². The van der Waals surface area contributed by atoms with Crippen molar-refractivity contribution in [1.82, 2.24) is 9.47 Å². The minimum atomic E-state index is -1.00. The summed E-state index contributed by atoms with van der Waals surface area (Å²) >= 11 is 1.27. The number of aromatic carboxylic acids is 1. The van der Waals surface area contributed by atoms with Crippen molar-refractivity contribution in [1.29, 1.82) is 0 Å². The number of benzene rings is 2. The van der Waals surface area contributed by atoms with E-state index < -0.39 is 5.97 Å². The lowest BCUT2D eigenvalue weighted by Crippen LogP contribution is -2.28. The first-order chi connectivity index (χ1) is 17.5. The van der Waals surface area contributed by atoms with Gasteiger partial charge >= 0.3 is 5.97 Å². The van der Waals surface area contributed by atoms with Gasteiger partial charge in [0.15, 0.2) is 5.17 Å². The fourth-order valence-corrected chi connectivity index (χ4v) is 4.71. The van der Waals surface area contributed by atoms with Gasteiger partial charge in [0, 0.05) is 17.6 Å². The molecule has 0 atom stereocenters. The fraction of sp³-hybridized carbons (Fsp3) is 0.0741. The van der Waals surface area contributed by atoms with Gasteiger partial charge in [-0.3, -0.25) is 9.69 Å². The number of thioether (sulfide) groups is 1. The molecule has 4 aromatic rings. The molecule has 0 bridgehead atoms. The molecule has 1 N–H and O–H groups in total. The van der Waals surface area contributed by atoms with Crippen LogP contribution in [-0.4, -0.2) is 38.7 Å². The summed E-state index contributed by atoms with van der Waals surface area (Å²) in [7, 11) is 1.60. The Morgan fingerprint density at radius 1 is 1.11 bits per heavy atom. The first-order valence-corrected chi connectivity index (χ1v) is 11.8. The molecule has 1 fully saturated rings. The van der Waals surface area contributed by atoms with Gasteiger partial charge in [-0.1, -0.05) is 6.07 Å². The minimum absolute atomic E-state index is 0.185. The van der Waals surface area contributed by atoms with Crippen molar-refractivity contribution in [2.45, 2.75) is 6.54 Å². The molecular formula is C27H21N3O5S. The highest BCUT2D eigenvalue weighted by Crippen LogP contribution is 2.36. The van der Waals surface area contributed by atoms with Gasteiger partial charge in [0.1, 0.15) is 11.5 Å². The molecule has 0 saturated carbocycles. The molecule has 0 spiro atoms. The second kappa shape index (κ2) is 10.0. The highest BCUT2D eigenvalue weighted by Gasteiger charge is 2.34. The zero-order valence-electron chi connectivity index (χ0n) is 19.2. The van der Waals surface area contributed by atoms with E-state index in [0.29, 0.717) is 27.2 Å². The predicted molar refractivity (Wildman–Crippen MR) is 138 cm³/mol. The smallest absolute Gasteiger partial charge is 0.335 e. The number of amidine groups is 1. The Labute approximate surface area is 211 Å². The molecule has 8 nitrogen and oxygen atoms in total. The van der Waals surface area contributed by atoms with E-state index in [1.165, 1.54) is 17.8 Å². The Morgan fingerprint density at radius 3 is 2.67 bits per heavy atom. The van der Waals surface area contributed by atoms with Crippen LogP contribution in [0, 0.1) is 0 Å². The van der Waals surface area contributed by atoms with Crippen molar-refractivity contribution >= 4 is 40.6 Å². The zero-order chi connectivity index (χ0) is 25.1. The predicted octanol–water partition coefficient (Wildman–Crippen LogP) is 5.58. The number of carboxylic acid groups (broad SMARTS) is 1. The number of aliphatic imine (C=N–C) groups is 1. The third kappa shape index (κ3) is 4.82. The molecule has 1 aliphatic heterocycles. The maximum Gasteiger partial charge on any atom is 0.335 e. The van der Waals surface area contributed by atoms with Crippen LogP contribution in [0.1, 0.15) is 21.8 Å². The summed E-state index contributed by atoms with van der Waals surface area (Å²) < 4.78 is 12.5. The van der Waals surface area contributed by atoms with Crippen LogP contribution >= 0.6 is 11.8 Å². The number of hydrogen-bond acceptors (Lipinski definition) is 6. The van der Waals surface area contributed by atoms with Crippen LogP contribution in [0.3, 0.4) is 0 Å². The van der Waals surface area contributed by atoms with Gasteiger partial charge in [0.05, 0.1) is 36.1 Å². The lowest BCUT2D eigenvalue weighted by molar-refractivity contribution is -0.122. The van der Waals surface area contributed by atoms with Gasteiger partial charge in [-0.15, -0.1) is 0 Å². The first-order valence-electron chi connectivity index (χ1n) is 11.0. The van der Waals surface area contributed by atoms with Gasteiger partial charge in [-0.05, 0) is 84.6 Å². The fourth-order valence-electron chi connectivity index (χ4n) is 3.73. The van der Waals surface area contributed by atoms with Crippen LogP contribution in [0.4, 0.5) is 5.69 Å². The number of rotatable bonds is 7. The number of carbonyl (C=O) groups excluding carboxylic acids is 1. The van der Waals surface area contributed by atoms with Crippen LogP contribution in [0.15, 0.2) is 99.6 Å². The molecule has 0 aliphatic carbocycles. The number of amides is 1. The molecule has 2 aromatic carbocycles. The summed E-state index contributed by atoms with van der Waals surface area (Å²) in [6.07, 6.45) is 5.18. The van der Waals surface area contributed by atoms with E-state index in [-0.39, 0.29) is 18.0 Å². The molecule has 1 saturated heterocycles. The average Bonchev–Trinajstić information content (AvgIpc) is 3.64. The highest BCUT2D eigenvalue weighted by molar-refractivity contribution is 8.18. The van der Waals surface area contributed by atoms with E-state index >= 15 is 0 Å². The second-order valence-electron chi connectivity index (χ2n) is 7.83. The van der Waals surface area contributed by atoms with Crippen molar-refractivity contribution in [2.24, 2.45) is 4.99 Å². The summed E-state index contributed by atoms with van der Waals surface area (Å²) in [5.74, 6) is 0.158. The van der Waals surface area contributed by atoms with Crippen molar-refractivity contribution in [3.63, 3.8) is 0 Å². The Bertz CT molecular complexity index is 1470. The molecule has 5 rings (SSSR count). The first kappa shape index (κ1) is 23.3. The molecule has 0 radical (unpaired) electrons. The number of carboxylic acids is 1. The SMILES string of the molecule is COc1ccc(N=C2S/C(=C\c3cccn3-c3cccc(C(=O)O)c3)C(=O)N2Cc2ccco2)cc1. The van der Waals surface area contributed by atoms with E-state index in [2.05, 4.69) is 0 Å². The molecule has 0 unspecified atom stereocenters. The summed E-state index contributed by atoms with van der Waals surface area (Å²) in [5, 5.41) is 9.88. The van der Waals surface area contributed by atoms with Gasteiger partial charge < -0.3 is 18.8 Å². The van der Waals surface area contributed by atoms with E-state index in [4.69, 9.17) is 14.1 Å². The normalized spacial score (nSPS) is 15.7. The molecule has 3 heterocycles.